The molecular weight excluding hydrogens is 542 g/mol. The van der Waals surface area contributed by atoms with Crippen molar-refractivity contribution in [2.24, 2.45) is 0 Å². The largest absolute Gasteiger partial charge is 0.355 e. The highest BCUT2D eigenvalue weighted by Gasteiger charge is 2.32. The van der Waals surface area contributed by atoms with Crippen molar-refractivity contribution in [3.05, 3.63) is 88.9 Å². The molecule has 0 saturated carbocycles. The van der Waals surface area contributed by atoms with Gasteiger partial charge in [0, 0.05) is 23.0 Å². The number of sulfonamides is 1. The summed E-state index contributed by atoms with van der Waals surface area (Å²) in [5.74, 6) is -0.853. The second kappa shape index (κ2) is 13.2. The summed E-state index contributed by atoms with van der Waals surface area (Å²) in [6.45, 7) is 5.32. The summed E-state index contributed by atoms with van der Waals surface area (Å²) in [5, 5.41) is 3.24. The maximum Gasteiger partial charge on any atom is 0.264 e. The Balaban J connectivity index is 2.02. The molecule has 1 N–H and O–H groups in total. The molecule has 3 aromatic rings. The first-order chi connectivity index (χ1) is 18.1. The number of amides is 2. The molecule has 2 amide bonds. The van der Waals surface area contributed by atoms with Crippen molar-refractivity contribution < 1.29 is 18.0 Å². The highest BCUT2D eigenvalue weighted by Crippen LogP contribution is 2.26. The second-order valence-electron chi connectivity index (χ2n) is 8.74. The van der Waals surface area contributed by atoms with E-state index >= 15 is 0 Å². The van der Waals surface area contributed by atoms with Crippen molar-refractivity contribution in [3.63, 3.8) is 0 Å². The van der Waals surface area contributed by atoms with Gasteiger partial charge in [-0.05, 0) is 81.1 Å². The lowest BCUT2D eigenvalue weighted by Gasteiger charge is -2.32. The molecule has 0 unspecified atom stereocenters. The number of halogens is 1. The van der Waals surface area contributed by atoms with E-state index in [4.69, 9.17) is 11.6 Å². The Morgan fingerprint density at radius 3 is 2.26 bits per heavy atom. The molecule has 0 heterocycles. The Morgan fingerprint density at radius 2 is 1.68 bits per heavy atom. The monoisotopic (exact) mass is 573 g/mol. The zero-order valence-electron chi connectivity index (χ0n) is 21.8. The molecule has 0 spiro atoms. The number of rotatable bonds is 11. The summed E-state index contributed by atoms with van der Waals surface area (Å²) in [7, 11) is -4.10. The number of anilines is 1. The van der Waals surface area contributed by atoms with Crippen LogP contribution in [-0.4, -0.2) is 50.5 Å². The highest BCUT2D eigenvalue weighted by atomic mass is 35.5. The van der Waals surface area contributed by atoms with Crippen molar-refractivity contribution in [2.45, 2.75) is 43.1 Å². The van der Waals surface area contributed by atoms with Crippen LogP contribution in [0.3, 0.4) is 0 Å². The quantitative estimate of drug-likeness (QED) is 0.322. The number of hydrogen-bond acceptors (Lipinski definition) is 5. The van der Waals surface area contributed by atoms with Crippen molar-refractivity contribution in [2.75, 3.05) is 23.7 Å². The van der Waals surface area contributed by atoms with Crippen LogP contribution in [-0.2, 0) is 26.2 Å². The van der Waals surface area contributed by atoms with E-state index in [1.165, 1.54) is 28.8 Å². The minimum Gasteiger partial charge on any atom is -0.355 e. The van der Waals surface area contributed by atoms with Gasteiger partial charge in [0.15, 0.2) is 0 Å². The lowest BCUT2D eigenvalue weighted by atomic mass is 10.1. The standard InChI is InChI=1S/C28H32ClN3O4S2/c1-5-30-28(34)21(3)31(18-22-7-6-8-23(29)17-22)27(33)19-32(24-11-9-20(2)10-12-24)38(35,36)26-15-13-25(37-4)14-16-26/h6-17,21H,5,18-19H2,1-4H3,(H,30,34)/t21-/m1/s1. The molecule has 0 bridgehead atoms. The van der Waals surface area contributed by atoms with Crippen LogP contribution in [0.4, 0.5) is 5.69 Å². The molecule has 0 aliphatic carbocycles. The van der Waals surface area contributed by atoms with E-state index in [1.807, 2.05) is 13.2 Å². The van der Waals surface area contributed by atoms with Crippen LogP contribution in [0.2, 0.25) is 5.02 Å². The van der Waals surface area contributed by atoms with E-state index in [-0.39, 0.29) is 17.3 Å². The number of likely N-dealkylation sites (N-methyl/N-ethyl adjacent to an activating group) is 1. The van der Waals surface area contributed by atoms with Crippen LogP contribution in [0.15, 0.2) is 82.6 Å². The zero-order valence-corrected chi connectivity index (χ0v) is 24.2. The molecule has 3 rings (SSSR count). The first-order valence-corrected chi connectivity index (χ1v) is 15.2. The van der Waals surface area contributed by atoms with Crippen molar-refractivity contribution in [1.82, 2.24) is 10.2 Å². The fraction of sp³-hybridized carbons (Fsp3) is 0.286. The third kappa shape index (κ3) is 7.30. The van der Waals surface area contributed by atoms with E-state index in [9.17, 15) is 18.0 Å². The number of benzene rings is 3. The van der Waals surface area contributed by atoms with Gasteiger partial charge in [0.1, 0.15) is 12.6 Å². The predicted octanol–water partition coefficient (Wildman–Crippen LogP) is 5.12. The average Bonchev–Trinajstić information content (AvgIpc) is 2.90. The third-order valence-corrected chi connectivity index (χ3v) is 8.78. The number of carbonyl (C=O) groups is 2. The number of nitrogens with one attached hydrogen (secondary N) is 1. The van der Waals surface area contributed by atoms with Gasteiger partial charge in [-0.15, -0.1) is 11.8 Å². The Bertz CT molecular complexity index is 1360. The van der Waals surface area contributed by atoms with Crippen molar-refractivity contribution in [1.29, 1.82) is 0 Å². The van der Waals surface area contributed by atoms with Gasteiger partial charge >= 0.3 is 0 Å². The summed E-state index contributed by atoms with van der Waals surface area (Å²) in [5.41, 5.74) is 2.03. The molecule has 10 heteroatoms. The average molecular weight is 574 g/mol. The lowest BCUT2D eigenvalue weighted by Crippen LogP contribution is -2.51. The smallest absolute Gasteiger partial charge is 0.264 e. The van der Waals surface area contributed by atoms with E-state index in [1.54, 1.807) is 74.5 Å². The molecule has 0 saturated heterocycles. The van der Waals surface area contributed by atoms with Crippen LogP contribution < -0.4 is 9.62 Å². The Labute approximate surface area is 234 Å². The fourth-order valence-corrected chi connectivity index (χ4v) is 5.89. The Hall–Kier alpha value is -3.01. The minimum atomic E-state index is -4.10. The first-order valence-electron chi connectivity index (χ1n) is 12.1. The van der Waals surface area contributed by atoms with E-state index < -0.39 is 28.5 Å². The van der Waals surface area contributed by atoms with Gasteiger partial charge < -0.3 is 10.2 Å². The molecule has 7 nitrogen and oxygen atoms in total. The molecule has 0 aliphatic rings. The number of nitrogens with zero attached hydrogens (tertiary/aromatic N) is 2. The predicted molar refractivity (Wildman–Crippen MR) is 154 cm³/mol. The van der Waals surface area contributed by atoms with Crippen LogP contribution >= 0.6 is 23.4 Å². The molecule has 1 atom stereocenters. The van der Waals surface area contributed by atoms with Crippen molar-refractivity contribution >= 4 is 50.9 Å². The lowest BCUT2D eigenvalue weighted by molar-refractivity contribution is -0.139. The zero-order chi connectivity index (χ0) is 27.9. The summed E-state index contributed by atoms with van der Waals surface area (Å²) in [6.07, 6.45) is 1.91. The molecule has 38 heavy (non-hydrogen) atoms. The first kappa shape index (κ1) is 29.5. The van der Waals surface area contributed by atoms with E-state index in [0.717, 1.165) is 20.3 Å². The van der Waals surface area contributed by atoms with Gasteiger partial charge in [0.2, 0.25) is 11.8 Å². The van der Waals surface area contributed by atoms with Gasteiger partial charge in [-0.1, -0.05) is 41.4 Å². The molecule has 202 valence electrons. The molecule has 0 aliphatic heterocycles. The molecule has 0 aromatic heterocycles. The second-order valence-corrected chi connectivity index (χ2v) is 11.9. The molecule has 3 aromatic carbocycles. The summed E-state index contributed by atoms with van der Waals surface area (Å²) < 4.78 is 28.8. The number of thioether (sulfide) groups is 1. The number of carbonyl (C=O) groups excluding carboxylic acids is 2. The summed E-state index contributed by atoms with van der Waals surface area (Å²) >= 11 is 7.66. The number of hydrogen-bond donors (Lipinski definition) is 1. The van der Waals surface area contributed by atoms with Crippen LogP contribution in [0.1, 0.15) is 25.0 Å². The number of aryl methyl sites for hydroxylation is 1. The van der Waals surface area contributed by atoms with Gasteiger partial charge in [-0.25, -0.2) is 8.42 Å². The normalized spacial score (nSPS) is 12.0. The van der Waals surface area contributed by atoms with Gasteiger partial charge in [-0.3, -0.25) is 13.9 Å². The summed E-state index contributed by atoms with van der Waals surface area (Å²) in [6, 6.07) is 19.6. The van der Waals surface area contributed by atoms with Crippen molar-refractivity contribution in [3.8, 4) is 0 Å². The van der Waals surface area contributed by atoms with Crippen LogP contribution in [0.5, 0.6) is 0 Å². The van der Waals surface area contributed by atoms with E-state index in [0.29, 0.717) is 17.3 Å². The maximum absolute atomic E-state index is 13.8. The maximum atomic E-state index is 13.8. The van der Waals surface area contributed by atoms with Gasteiger partial charge in [0.05, 0.1) is 10.6 Å². The minimum absolute atomic E-state index is 0.0711. The van der Waals surface area contributed by atoms with Gasteiger partial charge in [-0.2, -0.15) is 0 Å². The fourth-order valence-electron chi connectivity index (χ4n) is 3.85. The molecular formula is C28H32ClN3O4S2. The topological polar surface area (TPSA) is 86.8 Å². The highest BCUT2D eigenvalue weighted by molar-refractivity contribution is 7.98. The van der Waals surface area contributed by atoms with Crippen LogP contribution in [0.25, 0.3) is 0 Å². The Morgan fingerprint density at radius 1 is 1.03 bits per heavy atom. The molecule has 0 fully saturated rings. The molecule has 0 radical (unpaired) electrons. The van der Waals surface area contributed by atoms with Crippen LogP contribution in [0, 0.1) is 6.92 Å². The van der Waals surface area contributed by atoms with E-state index in [2.05, 4.69) is 5.32 Å². The SMILES string of the molecule is CCNC(=O)[C@@H](C)N(Cc1cccc(Cl)c1)C(=O)CN(c1ccc(C)cc1)S(=O)(=O)c1ccc(SC)cc1. The Kier molecular flexibility index (Phi) is 10.2. The van der Waals surface area contributed by atoms with Gasteiger partial charge in [0.25, 0.3) is 10.0 Å². The summed E-state index contributed by atoms with van der Waals surface area (Å²) in [4.78, 5) is 28.9. The third-order valence-electron chi connectivity index (χ3n) is 6.01.